The monoisotopic (exact) mass is 195 g/mol. The first-order valence-corrected chi connectivity index (χ1v) is 5.72. The average Bonchev–Trinajstić information content (AvgIpc) is 1.96. The van der Waals surface area contributed by atoms with Crippen molar-refractivity contribution in [2.24, 2.45) is 0 Å². The van der Waals surface area contributed by atoms with Gasteiger partial charge in [0.25, 0.3) is 10.1 Å². The van der Waals surface area contributed by atoms with Gasteiger partial charge in [-0.1, -0.05) is 32.6 Å². The molecule has 0 aliphatic carbocycles. The summed E-state index contributed by atoms with van der Waals surface area (Å²) in [7, 11) is -4.22. The van der Waals surface area contributed by atoms with E-state index in [9.17, 15) is 8.42 Å². The minimum absolute atomic E-state index is 0.200. The molecular weight excluding hydrogens is 176 g/mol. The number of hydrogen-bond acceptors (Lipinski definition) is 2. The van der Waals surface area contributed by atoms with Crippen molar-refractivity contribution in [3.05, 3.63) is 0 Å². The van der Waals surface area contributed by atoms with E-state index >= 15 is 0 Å². The van der Waals surface area contributed by atoms with Crippen LogP contribution in [0.3, 0.4) is 0 Å². The standard InChI is InChI=1S/C8H18O3S/c1-3-4-5-6-7-8(2)12(9,10)11/h8H,3-7H2,1-2H3,(H,9,10,11)/t8-/m0/s1/i8D. The van der Waals surface area contributed by atoms with Gasteiger partial charge in [0, 0.05) is 1.37 Å². The fraction of sp³-hybridized carbons (Fsp3) is 1.00. The van der Waals surface area contributed by atoms with E-state index < -0.39 is 15.3 Å². The molecule has 0 aliphatic heterocycles. The van der Waals surface area contributed by atoms with E-state index in [-0.39, 0.29) is 6.42 Å². The topological polar surface area (TPSA) is 54.4 Å². The van der Waals surface area contributed by atoms with Crippen LogP contribution >= 0.6 is 0 Å². The van der Waals surface area contributed by atoms with Crippen LogP contribution in [0.5, 0.6) is 0 Å². The summed E-state index contributed by atoms with van der Waals surface area (Å²) in [4.78, 5) is 0. The van der Waals surface area contributed by atoms with Crippen LogP contribution in [-0.4, -0.2) is 18.2 Å². The fourth-order valence-corrected chi connectivity index (χ4v) is 1.33. The molecule has 0 aromatic carbocycles. The molecule has 0 heterocycles. The molecular formula is C8H18O3S. The van der Waals surface area contributed by atoms with Crippen LogP contribution in [0, 0.1) is 0 Å². The van der Waals surface area contributed by atoms with Crippen molar-refractivity contribution in [3.8, 4) is 0 Å². The van der Waals surface area contributed by atoms with Gasteiger partial charge in [0.1, 0.15) is 0 Å². The van der Waals surface area contributed by atoms with Crippen LogP contribution < -0.4 is 0 Å². The van der Waals surface area contributed by atoms with Crippen molar-refractivity contribution in [2.45, 2.75) is 51.2 Å². The molecule has 0 radical (unpaired) electrons. The number of rotatable bonds is 6. The van der Waals surface area contributed by atoms with Gasteiger partial charge in [-0.05, 0) is 13.3 Å². The summed E-state index contributed by atoms with van der Waals surface area (Å²) in [5.74, 6) is 0. The van der Waals surface area contributed by atoms with Gasteiger partial charge in [-0.25, -0.2) is 0 Å². The van der Waals surface area contributed by atoms with Gasteiger partial charge in [-0.2, -0.15) is 8.42 Å². The summed E-state index contributed by atoms with van der Waals surface area (Å²) in [6.45, 7) is 3.29. The van der Waals surface area contributed by atoms with Crippen molar-refractivity contribution in [2.75, 3.05) is 0 Å². The van der Waals surface area contributed by atoms with E-state index in [4.69, 9.17) is 5.92 Å². The summed E-state index contributed by atoms with van der Waals surface area (Å²) in [6.07, 6.45) is 3.90. The molecule has 1 atom stereocenters. The first kappa shape index (κ1) is 9.99. The highest BCUT2D eigenvalue weighted by Crippen LogP contribution is 2.10. The zero-order chi connectivity index (χ0) is 10.5. The Bertz CT molecular complexity index is 234. The number of unbranched alkanes of at least 4 members (excludes halogenated alkanes) is 3. The molecule has 0 rings (SSSR count). The normalized spacial score (nSPS) is 18.4. The Kier molecular flexibility index (Phi) is 4.61. The highest BCUT2D eigenvalue weighted by atomic mass is 32.2. The molecule has 0 aromatic heterocycles. The fourth-order valence-electron chi connectivity index (χ4n) is 0.930. The van der Waals surface area contributed by atoms with E-state index in [1.807, 2.05) is 0 Å². The summed E-state index contributed by atoms with van der Waals surface area (Å²) in [6, 6.07) is 0. The molecule has 1 N–H and O–H groups in total. The van der Waals surface area contributed by atoms with Gasteiger partial charge < -0.3 is 0 Å². The van der Waals surface area contributed by atoms with E-state index in [0.29, 0.717) is 6.42 Å². The van der Waals surface area contributed by atoms with Crippen molar-refractivity contribution < 1.29 is 14.3 Å². The maximum atomic E-state index is 10.7. The highest BCUT2D eigenvalue weighted by Gasteiger charge is 2.15. The molecule has 0 aromatic rings. The molecule has 4 heteroatoms. The molecule has 0 unspecified atom stereocenters. The van der Waals surface area contributed by atoms with Crippen LogP contribution in [0.1, 0.15) is 47.3 Å². The molecule has 3 nitrogen and oxygen atoms in total. The van der Waals surface area contributed by atoms with E-state index in [1.165, 1.54) is 6.92 Å². The second-order valence-electron chi connectivity index (χ2n) is 2.99. The molecule has 0 fully saturated rings. The summed E-state index contributed by atoms with van der Waals surface area (Å²) < 4.78 is 37.4. The molecule has 0 bridgehead atoms. The van der Waals surface area contributed by atoms with Crippen LogP contribution in [0.15, 0.2) is 0 Å². The molecule has 0 amide bonds. The Morgan fingerprint density at radius 1 is 1.42 bits per heavy atom. The van der Waals surface area contributed by atoms with Crippen molar-refractivity contribution in [1.29, 1.82) is 0 Å². The molecule has 12 heavy (non-hydrogen) atoms. The molecule has 0 saturated carbocycles. The van der Waals surface area contributed by atoms with Gasteiger partial charge in [-0.15, -0.1) is 0 Å². The van der Waals surface area contributed by atoms with Crippen molar-refractivity contribution >= 4 is 10.1 Å². The van der Waals surface area contributed by atoms with E-state index in [2.05, 4.69) is 6.92 Å². The third-order valence-corrected chi connectivity index (χ3v) is 2.91. The zero-order valence-electron chi connectivity index (χ0n) is 8.71. The lowest BCUT2D eigenvalue weighted by Crippen LogP contribution is -2.15. The smallest absolute Gasteiger partial charge is 0.267 e. The van der Waals surface area contributed by atoms with Gasteiger partial charge in [0.2, 0.25) is 0 Å². The molecule has 0 aliphatic rings. The van der Waals surface area contributed by atoms with Crippen LogP contribution in [0.4, 0.5) is 0 Å². The Labute approximate surface area is 76.3 Å². The Morgan fingerprint density at radius 2 is 2.00 bits per heavy atom. The lowest BCUT2D eigenvalue weighted by atomic mass is 10.1. The van der Waals surface area contributed by atoms with Crippen LogP contribution in [0.2, 0.25) is 0 Å². The second-order valence-corrected chi connectivity index (χ2v) is 4.63. The molecule has 0 saturated heterocycles. The predicted molar refractivity (Wildman–Crippen MR) is 49.8 cm³/mol. The highest BCUT2D eigenvalue weighted by molar-refractivity contribution is 7.86. The minimum atomic E-state index is -4.22. The lowest BCUT2D eigenvalue weighted by Gasteiger charge is -2.06. The van der Waals surface area contributed by atoms with E-state index in [0.717, 1.165) is 19.3 Å². The third kappa shape index (κ3) is 5.55. The Morgan fingerprint density at radius 3 is 2.42 bits per heavy atom. The quantitative estimate of drug-likeness (QED) is 0.522. The SMILES string of the molecule is [2H][C@](C)(CCCCCC)S(=O)(=O)O. The van der Waals surface area contributed by atoms with Crippen LogP contribution in [0.25, 0.3) is 0 Å². The maximum absolute atomic E-state index is 10.7. The lowest BCUT2D eigenvalue weighted by molar-refractivity contribution is 0.462. The molecule has 0 spiro atoms. The maximum Gasteiger partial charge on any atom is 0.267 e. The van der Waals surface area contributed by atoms with Gasteiger partial charge in [-0.3, -0.25) is 4.55 Å². The van der Waals surface area contributed by atoms with E-state index in [1.54, 1.807) is 0 Å². The van der Waals surface area contributed by atoms with Gasteiger partial charge in [0.15, 0.2) is 0 Å². The van der Waals surface area contributed by atoms with Crippen molar-refractivity contribution in [1.82, 2.24) is 0 Å². The average molecular weight is 195 g/mol. The second kappa shape index (κ2) is 5.54. The summed E-state index contributed by atoms with van der Waals surface area (Å²) in [5.41, 5.74) is 0. The minimum Gasteiger partial charge on any atom is -0.285 e. The first-order chi connectivity index (χ1) is 5.81. The zero-order valence-corrected chi connectivity index (χ0v) is 8.52. The summed E-state index contributed by atoms with van der Waals surface area (Å²) in [5, 5.41) is -1.74. The Hall–Kier alpha value is -0.0900. The number of hydrogen-bond donors (Lipinski definition) is 1. The molecule has 74 valence electrons. The summed E-state index contributed by atoms with van der Waals surface area (Å²) >= 11 is 0. The largest absolute Gasteiger partial charge is 0.285 e. The van der Waals surface area contributed by atoms with Gasteiger partial charge in [0.05, 0.1) is 5.23 Å². The third-order valence-electron chi connectivity index (χ3n) is 1.82. The van der Waals surface area contributed by atoms with Crippen LogP contribution in [-0.2, 0) is 10.1 Å². The predicted octanol–water partition coefficient (Wildman–Crippen LogP) is 2.23. The van der Waals surface area contributed by atoms with Crippen molar-refractivity contribution in [3.63, 3.8) is 0 Å². The Balaban J connectivity index is 3.91. The van der Waals surface area contributed by atoms with Gasteiger partial charge >= 0.3 is 0 Å². The first-order valence-electron chi connectivity index (χ1n) is 4.78.